The average molecular weight is 277 g/mol. The summed E-state index contributed by atoms with van der Waals surface area (Å²) in [6.07, 6.45) is 4.34. The fraction of sp³-hybridized carbons (Fsp3) is 0.500. The van der Waals surface area contributed by atoms with Crippen LogP contribution in [0, 0.1) is 0 Å². The third-order valence-electron chi connectivity index (χ3n) is 2.60. The van der Waals surface area contributed by atoms with Crippen LogP contribution in [0.3, 0.4) is 0 Å². The molecule has 0 unspecified atom stereocenters. The molecular formula is C10H13ClN2O3S. The standard InChI is InChI=1S/C10H13ClN2O3S/c11-9-3-4-12-7-10(9)17(15,16)13(5-6-14)8-1-2-8/h3-4,7-8,14H,1-2,5-6H2. The fourth-order valence-electron chi connectivity index (χ4n) is 1.64. The first-order chi connectivity index (χ1) is 8.07. The minimum atomic E-state index is -3.65. The van der Waals surface area contributed by atoms with Gasteiger partial charge in [-0.15, -0.1) is 0 Å². The molecule has 7 heteroatoms. The summed E-state index contributed by atoms with van der Waals surface area (Å²) in [7, 11) is -3.65. The van der Waals surface area contributed by atoms with Gasteiger partial charge in [0.1, 0.15) is 4.90 Å². The van der Waals surface area contributed by atoms with Gasteiger partial charge in [-0.3, -0.25) is 4.98 Å². The van der Waals surface area contributed by atoms with Crippen LogP contribution < -0.4 is 0 Å². The number of aliphatic hydroxyl groups is 1. The maximum absolute atomic E-state index is 12.3. The van der Waals surface area contributed by atoms with E-state index >= 15 is 0 Å². The Bertz CT molecular complexity index is 502. The topological polar surface area (TPSA) is 70.5 Å². The number of nitrogens with zero attached hydrogens (tertiary/aromatic N) is 2. The number of pyridine rings is 1. The van der Waals surface area contributed by atoms with E-state index in [1.54, 1.807) is 0 Å². The van der Waals surface area contributed by atoms with Gasteiger partial charge in [-0.1, -0.05) is 11.6 Å². The smallest absolute Gasteiger partial charge is 0.246 e. The molecule has 0 atom stereocenters. The van der Waals surface area contributed by atoms with E-state index in [9.17, 15) is 8.42 Å². The van der Waals surface area contributed by atoms with E-state index in [-0.39, 0.29) is 29.1 Å². The molecule has 0 aliphatic heterocycles. The summed E-state index contributed by atoms with van der Waals surface area (Å²) in [6, 6.07) is 1.43. The third-order valence-corrected chi connectivity index (χ3v) is 5.02. The maximum Gasteiger partial charge on any atom is 0.246 e. The van der Waals surface area contributed by atoms with Crippen LogP contribution in [0.25, 0.3) is 0 Å². The molecule has 1 heterocycles. The highest BCUT2D eigenvalue weighted by Gasteiger charge is 2.38. The molecule has 1 aliphatic rings. The Morgan fingerprint density at radius 2 is 2.24 bits per heavy atom. The van der Waals surface area contributed by atoms with Crippen LogP contribution in [-0.4, -0.2) is 42.0 Å². The minimum absolute atomic E-state index is 0.00187. The first-order valence-corrected chi connectivity index (χ1v) is 7.11. The molecule has 0 amide bonds. The summed E-state index contributed by atoms with van der Waals surface area (Å²) in [5.74, 6) is 0. The maximum atomic E-state index is 12.3. The number of sulfonamides is 1. The number of halogens is 1. The molecule has 1 aromatic rings. The Morgan fingerprint density at radius 1 is 1.53 bits per heavy atom. The van der Waals surface area contributed by atoms with E-state index < -0.39 is 10.0 Å². The molecule has 1 aliphatic carbocycles. The van der Waals surface area contributed by atoms with Crippen LogP contribution in [-0.2, 0) is 10.0 Å². The van der Waals surface area contributed by atoms with Crippen LogP contribution in [0.2, 0.25) is 5.02 Å². The number of aliphatic hydroxyl groups excluding tert-OH is 1. The molecular weight excluding hydrogens is 264 g/mol. The minimum Gasteiger partial charge on any atom is -0.395 e. The largest absolute Gasteiger partial charge is 0.395 e. The van der Waals surface area contributed by atoms with Crippen LogP contribution >= 0.6 is 11.6 Å². The van der Waals surface area contributed by atoms with Gasteiger partial charge in [-0.05, 0) is 18.9 Å². The zero-order chi connectivity index (χ0) is 12.5. The molecule has 5 nitrogen and oxygen atoms in total. The van der Waals surface area contributed by atoms with Gasteiger partial charge in [-0.2, -0.15) is 4.31 Å². The summed E-state index contributed by atoms with van der Waals surface area (Å²) in [6.45, 7) is -0.105. The third kappa shape index (κ3) is 2.60. The van der Waals surface area contributed by atoms with Crippen LogP contribution in [0.1, 0.15) is 12.8 Å². The highest BCUT2D eigenvalue weighted by molar-refractivity contribution is 7.89. The highest BCUT2D eigenvalue weighted by atomic mass is 35.5. The van der Waals surface area contributed by atoms with Gasteiger partial charge in [0, 0.05) is 25.0 Å². The predicted molar refractivity (Wildman–Crippen MR) is 63.2 cm³/mol. The predicted octanol–water partition coefficient (Wildman–Crippen LogP) is 0.880. The molecule has 1 N–H and O–H groups in total. The molecule has 1 aromatic heterocycles. The van der Waals surface area contributed by atoms with Gasteiger partial charge in [0.25, 0.3) is 0 Å². The second kappa shape index (κ2) is 4.89. The summed E-state index contributed by atoms with van der Waals surface area (Å²) >= 11 is 5.87. The van der Waals surface area contributed by atoms with E-state index in [0.29, 0.717) is 0 Å². The zero-order valence-electron chi connectivity index (χ0n) is 9.08. The van der Waals surface area contributed by atoms with Gasteiger partial charge in [0.2, 0.25) is 10.0 Å². The van der Waals surface area contributed by atoms with Gasteiger partial charge >= 0.3 is 0 Å². The molecule has 0 spiro atoms. The molecule has 94 valence electrons. The van der Waals surface area contributed by atoms with Crippen LogP contribution in [0.4, 0.5) is 0 Å². The van der Waals surface area contributed by atoms with Crippen molar-refractivity contribution in [2.75, 3.05) is 13.2 Å². The van der Waals surface area contributed by atoms with E-state index in [4.69, 9.17) is 16.7 Å². The molecule has 1 fully saturated rings. The van der Waals surface area contributed by atoms with Crippen molar-refractivity contribution in [3.63, 3.8) is 0 Å². The highest BCUT2D eigenvalue weighted by Crippen LogP contribution is 2.33. The Labute approximate surface area is 105 Å². The molecule has 17 heavy (non-hydrogen) atoms. The second-order valence-electron chi connectivity index (χ2n) is 3.88. The van der Waals surface area contributed by atoms with Crippen molar-refractivity contribution in [3.8, 4) is 0 Å². The lowest BCUT2D eigenvalue weighted by molar-refractivity contribution is 0.250. The first-order valence-electron chi connectivity index (χ1n) is 5.29. The lowest BCUT2D eigenvalue weighted by atomic mass is 10.5. The molecule has 0 aromatic carbocycles. The first kappa shape index (κ1) is 12.8. The van der Waals surface area contributed by atoms with Crippen molar-refractivity contribution >= 4 is 21.6 Å². The second-order valence-corrected chi connectivity index (χ2v) is 6.14. The summed E-state index contributed by atoms with van der Waals surface area (Å²) in [5, 5.41) is 9.09. The molecule has 1 saturated carbocycles. The zero-order valence-corrected chi connectivity index (χ0v) is 10.7. The van der Waals surface area contributed by atoms with Crippen molar-refractivity contribution in [1.82, 2.24) is 9.29 Å². The SMILES string of the molecule is O=S(=O)(c1cnccc1Cl)N(CCO)C1CC1. The Kier molecular flexibility index (Phi) is 3.67. The number of aromatic nitrogens is 1. The number of hydrogen-bond acceptors (Lipinski definition) is 4. The van der Waals surface area contributed by atoms with Gasteiger partial charge < -0.3 is 5.11 Å². The van der Waals surface area contributed by atoms with Crippen molar-refractivity contribution < 1.29 is 13.5 Å². The van der Waals surface area contributed by atoms with Crippen LogP contribution in [0.5, 0.6) is 0 Å². The molecule has 0 saturated heterocycles. The Hall–Kier alpha value is -0.690. The Balaban J connectivity index is 2.37. The van der Waals surface area contributed by atoms with E-state index in [1.807, 2.05) is 0 Å². The number of rotatable bonds is 5. The van der Waals surface area contributed by atoms with Gasteiger partial charge in [0.05, 0.1) is 11.6 Å². The molecule has 0 bridgehead atoms. The van der Waals surface area contributed by atoms with Crippen LogP contribution in [0.15, 0.2) is 23.4 Å². The summed E-state index contributed by atoms with van der Waals surface area (Å²) in [4.78, 5) is 3.78. The van der Waals surface area contributed by atoms with Gasteiger partial charge in [0.15, 0.2) is 0 Å². The van der Waals surface area contributed by atoms with E-state index in [0.717, 1.165) is 12.8 Å². The summed E-state index contributed by atoms with van der Waals surface area (Å²) < 4.78 is 25.9. The molecule has 0 radical (unpaired) electrons. The van der Waals surface area contributed by atoms with Gasteiger partial charge in [-0.25, -0.2) is 8.42 Å². The average Bonchev–Trinajstić information content (AvgIpc) is 3.10. The lowest BCUT2D eigenvalue weighted by Gasteiger charge is -2.21. The number of hydrogen-bond donors (Lipinski definition) is 1. The fourth-order valence-corrected chi connectivity index (χ4v) is 3.72. The Morgan fingerprint density at radius 3 is 2.76 bits per heavy atom. The van der Waals surface area contributed by atoms with Crippen molar-refractivity contribution in [1.29, 1.82) is 0 Å². The van der Waals surface area contributed by atoms with Crippen molar-refractivity contribution in [2.45, 2.75) is 23.8 Å². The van der Waals surface area contributed by atoms with Crippen molar-refractivity contribution in [3.05, 3.63) is 23.5 Å². The monoisotopic (exact) mass is 276 g/mol. The normalized spacial score (nSPS) is 16.4. The van der Waals surface area contributed by atoms with E-state index in [1.165, 1.54) is 22.8 Å². The van der Waals surface area contributed by atoms with Crippen molar-refractivity contribution in [2.24, 2.45) is 0 Å². The molecule has 2 rings (SSSR count). The quantitative estimate of drug-likeness (QED) is 0.867. The lowest BCUT2D eigenvalue weighted by Crippen LogP contribution is -2.35. The van der Waals surface area contributed by atoms with E-state index in [2.05, 4.69) is 4.98 Å². The summed E-state index contributed by atoms with van der Waals surface area (Å²) in [5.41, 5.74) is 0.